The highest BCUT2D eigenvalue weighted by Crippen LogP contribution is 2.31. The number of rotatable bonds is 2. The highest BCUT2D eigenvalue weighted by molar-refractivity contribution is 14.1. The summed E-state index contributed by atoms with van der Waals surface area (Å²) in [4.78, 5) is 14.2. The van der Waals surface area contributed by atoms with Crippen LogP contribution in [0.4, 0.5) is 4.79 Å². The molecule has 0 aromatic carbocycles. The molecule has 6 nitrogen and oxygen atoms in total. The van der Waals surface area contributed by atoms with E-state index in [4.69, 9.17) is 9.47 Å². The topological polar surface area (TPSA) is 64.5 Å². The zero-order valence-electron chi connectivity index (χ0n) is 14.3. The highest BCUT2D eigenvalue weighted by Gasteiger charge is 2.40. The van der Waals surface area contributed by atoms with E-state index in [1.165, 1.54) is 0 Å². The number of likely N-dealkylation sites (tertiary alicyclic amines) is 1. The molecule has 2 rings (SSSR count). The predicted molar refractivity (Wildman–Crippen MR) is 95.4 cm³/mol. The molecule has 0 saturated carbocycles. The molecule has 1 aromatic heterocycles. The van der Waals surface area contributed by atoms with Crippen molar-refractivity contribution in [3.63, 3.8) is 0 Å². The van der Waals surface area contributed by atoms with Gasteiger partial charge in [0.05, 0.1) is 0 Å². The molecule has 1 amide bonds. The standard InChI is InChI=1S/C16H24IN3O3/c1-15(2,3)23-14(21)20-9-8-11(10-16(20,4)5)22-13-7-6-12(17)18-19-13/h6-7,11H,8-10H2,1-5H3. The average Bonchev–Trinajstić information content (AvgIpc) is 2.38. The van der Waals surface area contributed by atoms with Crippen molar-refractivity contribution in [1.82, 2.24) is 15.1 Å². The molecule has 1 saturated heterocycles. The minimum atomic E-state index is -0.489. The number of ether oxygens (including phenoxy) is 2. The lowest BCUT2D eigenvalue weighted by Crippen LogP contribution is -2.56. The predicted octanol–water partition coefficient (Wildman–Crippen LogP) is 3.64. The van der Waals surface area contributed by atoms with Crippen LogP contribution in [0.3, 0.4) is 0 Å². The molecule has 1 aromatic rings. The number of piperidine rings is 1. The lowest BCUT2D eigenvalue weighted by molar-refractivity contribution is -0.0269. The Morgan fingerprint density at radius 2 is 2.04 bits per heavy atom. The van der Waals surface area contributed by atoms with Crippen LogP contribution in [0.15, 0.2) is 12.1 Å². The quantitative estimate of drug-likeness (QED) is 0.667. The SMILES string of the molecule is CC(C)(C)OC(=O)N1CCC(Oc2ccc(I)nn2)CC1(C)C. The van der Waals surface area contributed by atoms with Gasteiger partial charge in [-0.15, -0.1) is 10.2 Å². The van der Waals surface area contributed by atoms with Gasteiger partial charge in [-0.3, -0.25) is 0 Å². The molecule has 128 valence electrons. The molecule has 23 heavy (non-hydrogen) atoms. The molecule has 0 spiro atoms. The van der Waals surface area contributed by atoms with E-state index in [1.54, 1.807) is 4.90 Å². The van der Waals surface area contributed by atoms with Crippen molar-refractivity contribution in [1.29, 1.82) is 0 Å². The number of nitrogens with zero attached hydrogens (tertiary/aromatic N) is 3. The Bertz CT molecular complexity index is 555. The summed E-state index contributed by atoms with van der Waals surface area (Å²) in [6, 6.07) is 3.69. The van der Waals surface area contributed by atoms with Crippen LogP contribution in [0.2, 0.25) is 0 Å². The van der Waals surface area contributed by atoms with Crippen molar-refractivity contribution < 1.29 is 14.3 Å². The van der Waals surface area contributed by atoms with Gasteiger partial charge in [0.25, 0.3) is 0 Å². The first-order chi connectivity index (χ1) is 10.6. The Hall–Kier alpha value is -1.12. The van der Waals surface area contributed by atoms with Crippen molar-refractivity contribution in [2.75, 3.05) is 6.54 Å². The summed E-state index contributed by atoms with van der Waals surface area (Å²) >= 11 is 2.11. The van der Waals surface area contributed by atoms with Crippen LogP contribution in [-0.2, 0) is 4.74 Å². The fraction of sp³-hybridized carbons (Fsp3) is 0.688. The molecule has 1 unspecified atom stereocenters. The summed E-state index contributed by atoms with van der Waals surface area (Å²) in [5, 5.41) is 8.03. The summed E-state index contributed by atoms with van der Waals surface area (Å²) in [7, 11) is 0. The van der Waals surface area contributed by atoms with Crippen LogP contribution in [0.5, 0.6) is 5.88 Å². The molecule has 1 atom stereocenters. The van der Waals surface area contributed by atoms with E-state index in [9.17, 15) is 4.79 Å². The van der Waals surface area contributed by atoms with Gasteiger partial charge in [-0.25, -0.2) is 4.79 Å². The second kappa shape index (κ2) is 6.78. The fourth-order valence-corrected chi connectivity index (χ4v) is 2.93. The largest absolute Gasteiger partial charge is 0.473 e. The molecule has 0 radical (unpaired) electrons. The number of hydrogen-bond donors (Lipinski definition) is 0. The first kappa shape index (κ1) is 18.2. The molecule has 0 aliphatic carbocycles. The molecular formula is C16H24IN3O3. The Labute approximate surface area is 151 Å². The number of halogens is 1. The Morgan fingerprint density at radius 1 is 1.35 bits per heavy atom. The molecule has 0 N–H and O–H groups in total. The van der Waals surface area contributed by atoms with E-state index in [0.29, 0.717) is 12.4 Å². The summed E-state index contributed by atoms with van der Waals surface area (Å²) in [6.45, 7) is 10.3. The average molecular weight is 433 g/mol. The molecule has 7 heteroatoms. The summed E-state index contributed by atoms with van der Waals surface area (Å²) in [6.07, 6.45) is 1.21. The van der Waals surface area contributed by atoms with Crippen LogP contribution >= 0.6 is 22.6 Å². The van der Waals surface area contributed by atoms with E-state index >= 15 is 0 Å². The summed E-state index contributed by atoms with van der Waals surface area (Å²) < 4.78 is 12.3. The van der Waals surface area contributed by atoms with E-state index in [-0.39, 0.29) is 17.7 Å². The Kier molecular flexibility index (Phi) is 5.37. The van der Waals surface area contributed by atoms with Gasteiger partial charge >= 0.3 is 6.09 Å². The number of amides is 1. The van der Waals surface area contributed by atoms with Gasteiger partial charge < -0.3 is 14.4 Å². The molecule has 2 heterocycles. The van der Waals surface area contributed by atoms with Gasteiger partial charge in [0.2, 0.25) is 5.88 Å². The maximum Gasteiger partial charge on any atom is 0.410 e. The normalized spacial score (nSPS) is 21.0. The van der Waals surface area contributed by atoms with Gasteiger partial charge in [-0.1, -0.05) is 0 Å². The lowest BCUT2D eigenvalue weighted by Gasteiger charge is -2.45. The maximum atomic E-state index is 12.4. The second-order valence-corrected chi connectivity index (χ2v) is 8.48. The minimum Gasteiger partial charge on any atom is -0.473 e. The van der Waals surface area contributed by atoms with Crippen molar-refractivity contribution >= 4 is 28.7 Å². The van der Waals surface area contributed by atoms with Crippen LogP contribution in [0.1, 0.15) is 47.5 Å². The molecular weight excluding hydrogens is 409 g/mol. The molecule has 1 fully saturated rings. The first-order valence-electron chi connectivity index (χ1n) is 7.73. The molecule has 1 aliphatic rings. The van der Waals surface area contributed by atoms with E-state index < -0.39 is 5.60 Å². The third kappa shape index (κ3) is 5.19. The number of carbonyl (C=O) groups is 1. The highest BCUT2D eigenvalue weighted by atomic mass is 127. The lowest BCUT2D eigenvalue weighted by atomic mass is 9.89. The van der Waals surface area contributed by atoms with Gasteiger partial charge in [0.1, 0.15) is 15.4 Å². The van der Waals surface area contributed by atoms with Gasteiger partial charge in [0, 0.05) is 31.0 Å². The van der Waals surface area contributed by atoms with Gasteiger partial charge in [-0.05, 0) is 63.3 Å². The summed E-state index contributed by atoms with van der Waals surface area (Å²) in [5.41, 5.74) is -0.820. The Morgan fingerprint density at radius 3 is 2.57 bits per heavy atom. The van der Waals surface area contributed by atoms with E-state index in [2.05, 4.69) is 32.8 Å². The van der Waals surface area contributed by atoms with Crippen molar-refractivity contribution in [2.45, 2.75) is 64.7 Å². The van der Waals surface area contributed by atoms with E-state index in [0.717, 1.165) is 16.5 Å². The number of aromatic nitrogens is 2. The third-order valence-corrected chi connectivity index (χ3v) is 4.22. The molecule has 1 aliphatic heterocycles. The van der Waals surface area contributed by atoms with Gasteiger partial charge in [0.15, 0.2) is 0 Å². The van der Waals surface area contributed by atoms with Crippen molar-refractivity contribution in [3.8, 4) is 5.88 Å². The van der Waals surface area contributed by atoms with Crippen LogP contribution in [0, 0.1) is 3.70 Å². The summed E-state index contributed by atoms with van der Waals surface area (Å²) in [5.74, 6) is 0.525. The fourth-order valence-electron chi connectivity index (χ4n) is 2.64. The number of carbonyl (C=O) groups excluding carboxylic acids is 1. The van der Waals surface area contributed by atoms with Crippen LogP contribution in [0.25, 0.3) is 0 Å². The zero-order chi connectivity index (χ0) is 17.3. The number of hydrogen-bond acceptors (Lipinski definition) is 5. The Balaban J connectivity index is 1.99. The smallest absolute Gasteiger partial charge is 0.410 e. The second-order valence-electron chi connectivity index (χ2n) is 7.37. The van der Waals surface area contributed by atoms with E-state index in [1.807, 2.05) is 46.8 Å². The zero-order valence-corrected chi connectivity index (χ0v) is 16.5. The minimum absolute atomic E-state index is 0.0121. The third-order valence-electron chi connectivity index (χ3n) is 3.64. The van der Waals surface area contributed by atoms with Crippen molar-refractivity contribution in [3.05, 3.63) is 15.8 Å². The monoisotopic (exact) mass is 433 g/mol. The maximum absolute atomic E-state index is 12.4. The van der Waals surface area contributed by atoms with Crippen LogP contribution < -0.4 is 4.74 Å². The first-order valence-corrected chi connectivity index (χ1v) is 8.81. The van der Waals surface area contributed by atoms with Gasteiger partial charge in [-0.2, -0.15) is 0 Å². The van der Waals surface area contributed by atoms with Crippen molar-refractivity contribution in [2.24, 2.45) is 0 Å². The van der Waals surface area contributed by atoms with Crippen LogP contribution in [-0.4, -0.2) is 45.0 Å². The molecule has 0 bridgehead atoms.